The molecule has 0 aliphatic carbocycles. The fraction of sp³-hybridized carbons (Fsp3) is 0.227. The van der Waals surface area contributed by atoms with Crippen molar-refractivity contribution >= 4 is 17.9 Å². The average Bonchev–Trinajstić information content (AvgIpc) is 2.63. The normalized spacial score (nSPS) is 14.6. The molecule has 6 heteroatoms. The summed E-state index contributed by atoms with van der Waals surface area (Å²) < 4.78 is 29.7. The monoisotopic (exact) mass is 384 g/mol. The van der Waals surface area contributed by atoms with E-state index in [4.69, 9.17) is 14.2 Å². The number of methoxy groups -OCH3 is 1. The predicted octanol–water partition coefficient (Wildman–Crippen LogP) is 4.59. The van der Waals surface area contributed by atoms with Gasteiger partial charge in [-0.15, -0.1) is 0 Å². The maximum absolute atomic E-state index is 13.3. The van der Waals surface area contributed by atoms with Crippen LogP contribution >= 0.6 is 0 Å². The molecule has 0 saturated heterocycles. The highest BCUT2D eigenvalue weighted by Crippen LogP contribution is 2.44. The number of carbonyl (C=O) groups is 1. The molecule has 0 saturated carbocycles. The van der Waals surface area contributed by atoms with Gasteiger partial charge < -0.3 is 19.3 Å². The molecule has 0 atom stereocenters. The third-order valence-electron chi connectivity index (χ3n) is 4.13. The summed E-state index contributed by atoms with van der Waals surface area (Å²) in [5, 5.41) is 10.5. The number of hydrogen-bond acceptors (Lipinski definition) is 5. The molecule has 1 aliphatic heterocycles. The van der Waals surface area contributed by atoms with Gasteiger partial charge in [-0.3, -0.25) is 4.79 Å². The summed E-state index contributed by atoms with van der Waals surface area (Å²) in [6, 6.07) is 7.21. The summed E-state index contributed by atoms with van der Waals surface area (Å²) >= 11 is 0. The third kappa shape index (κ3) is 4.23. The number of ether oxygens (including phenoxy) is 3. The highest BCUT2D eigenvalue weighted by atomic mass is 19.1. The summed E-state index contributed by atoms with van der Waals surface area (Å²) in [4.78, 5) is 12.8. The van der Waals surface area contributed by atoms with Gasteiger partial charge in [-0.2, -0.15) is 0 Å². The van der Waals surface area contributed by atoms with Crippen molar-refractivity contribution in [1.29, 1.82) is 0 Å². The van der Waals surface area contributed by atoms with Crippen molar-refractivity contribution in [2.75, 3.05) is 13.9 Å². The quantitative estimate of drug-likeness (QED) is 0.448. The number of fused-ring (bicyclic) bond motifs is 1. The number of carbonyl (C=O) groups excluding carboxylic acids is 1. The molecule has 0 spiro atoms. The third-order valence-corrected chi connectivity index (χ3v) is 4.13. The minimum atomic E-state index is -0.666. The van der Waals surface area contributed by atoms with Gasteiger partial charge in [0.1, 0.15) is 34.2 Å². The van der Waals surface area contributed by atoms with Crippen molar-refractivity contribution in [3.05, 3.63) is 65.0 Å². The smallest absolute Gasteiger partial charge is 0.193 e. The lowest BCUT2D eigenvalue weighted by molar-refractivity contribution is 0.0502. The Bertz CT molecular complexity index is 960. The molecule has 2 aromatic carbocycles. The molecule has 0 radical (unpaired) electrons. The Hall–Kier alpha value is -3.12. The first kappa shape index (κ1) is 19.6. The van der Waals surface area contributed by atoms with Crippen molar-refractivity contribution in [1.82, 2.24) is 0 Å². The van der Waals surface area contributed by atoms with E-state index >= 15 is 0 Å². The fourth-order valence-corrected chi connectivity index (χ4v) is 2.83. The molecule has 0 aromatic heterocycles. The molecule has 146 valence electrons. The first-order chi connectivity index (χ1) is 13.3. The number of hydrogen-bond donors (Lipinski definition) is 1. The van der Waals surface area contributed by atoms with Gasteiger partial charge in [0.2, 0.25) is 0 Å². The zero-order chi connectivity index (χ0) is 20.3. The van der Waals surface area contributed by atoms with Gasteiger partial charge in [0, 0.05) is 13.2 Å². The lowest BCUT2D eigenvalue weighted by Crippen LogP contribution is -2.28. The number of allylic oxidation sites excluding steroid dienone is 1. The molecule has 0 unspecified atom stereocenters. The second-order valence-electron chi connectivity index (χ2n) is 6.85. The summed E-state index contributed by atoms with van der Waals surface area (Å²) in [6.45, 7) is 3.65. The SMILES string of the molecule is COCOc1cc(O)c(C(=O)/C=C/c2cccc(F)c2)c2c1C=CC(C)(C)O2. The van der Waals surface area contributed by atoms with Crippen LogP contribution in [0.4, 0.5) is 4.39 Å². The number of halogens is 1. The lowest BCUT2D eigenvalue weighted by Gasteiger charge is -2.30. The van der Waals surface area contributed by atoms with Gasteiger partial charge in [-0.1, -0.05) is 18.2 Å². The molecule has 28 heavy (non-hydrogen) atoms. The van der Waals surface area contributed by atoms with Gasteiger partial charge in [0.15, 0.2) is 12.6 Å². The largest absolute Gasteiger partial charge is 0.507 e. The second-order valence-corrected chi connectivity index (χ2v) is 6.85. The summed E-state index contributed by atoms with van der Waals surface area (Å²) in [5.74, 6) is -0.573. The van der Waals surface area contributed by atoms with Crippen LogP contribution in [0.25, 0.3) is 12.2 Å². The average molecular weight is 384 g/mol. The zero-order valence-electron chi connectivity index (χ0n) is 15.9. The maximum atomic E-state index is 13.3. The van der Waals surface area contributed by atoms with Crippen molar-refractivity contribution in [2.45, 2.75) is 19.4 Å². The molecule has 0 amide bonds. The van der Waals surface area contributed by atoms with E-state index in [1.807, 2.05) is 19.9 Å². The van der Waals surface area contributed by atoms with E-state index in [2.05, 4.69) is 0 Å². The van der Waals surface area contributed by atoms with Crippen molar-refractivity contribution < 1.29 is 28.5 Å². The molecule has 5 nitrogen and oxygen atoms in total. The summed E-state index contributed by atoms with van der Waals surface area (Å²) in [7, 11) is 1.48. The summed E-state index contributed by atoms with van der Waals surface area (Å²) in [6.07, 6.45) is 6.38. The van der Waals surface area contributed by atoms with E-state index in [0.29, 0.717) is 16.9 Å². The maximum Gasteiger partial charge on any atom is 0.193 e. The topological polar surface area (TPSA) is 65.0 Å². The molecule has 3 rings (SSSR count). The van der Waals surface area contributed by atoms with Crippen LogP contribution in [0.1, 0.15) is 35.3 Å². The van der Waals surface area contributed by atoms with E-state index in [9.17, 15) is 14.3 Å². The number of phenolic OH excluding ortho intramolecular Hbond substituents is 1. The molecule has 1 heterocycles. The van der Waals surface area contributed by atoms with Crippen LogP contribution < -0.4 is 9.47 Å². The van der Waals surface area contributed by atoms with E-state index < -0.39 is 17.2 Å². The van der Waals surface area contributed by atoms with E-state index in [1.54, 1.807) is 18.2 Å². The highest BCUT2D eigenvalue weighted by molar-refractivity contribution is 6.11. The van der Waals surface area contributed by atoms with Crippen LogP contribution in [-0.2, 0) is 4.74 Å². The number of benzene rings is 2. The van der Waals surface area contributed by atoms with Crippen LogP contribution in [0.5, 0.6) is 17.2 Å². The Labute approximate surface area is 162 Å². The number of aromatic hydroxyl groups is 1. The van der Waals surface area contributed by atoms with Crippen LogP contribution in [-0.4, -0.2) is 30.4 Å². The number of ketones is 1. The number of rotatable bonds is 6. The molecule has 1 aliphatic rings. The van der Waals surface area contributed by atoms with E-state index in [-0.39, 0.29) is 23.9 Å². The Morgan fingerprint density at radius 2 is 2.11 bits per heavy atom. The van der Waals surface area contributed by atoms with E-state index in [0.717, 1.165) is 0 Å². The predicted molar refractivity (Wildman–Crippen MR) is 104 cm³/mol. The van der Waals surface area contributed by atoms with Crippen molar-refractivity contribution in [3.8, 4) is 17.2 Å². The van der Waals surface area contributed by atoms with Crippen molar-refractivity contribution in [3.63, 3.8) is 0 Å². The first-order valence-electron chi connectivity index (χ1n) is 8.68. The minimum Gasteiger partial charge on any atom is -0.507 e. The van der Waals surface area contributed by atoms with Gasteiger partial charge >= 0.3 is 0 Å². The van der Waals surface area contributed by atoms with Gasteiger partial charge in [0.05, 0.1) is 5.56 Å². The van der Waals surface area contributed by atoms with Gasteiger partial charge in [0.25, 0.3) is 0 Å². The van der Waals surface area contributed by atoms with E-state index in [1.165, 1.54) is 37.5 Å². The Kier molecular flexibility index (Phi) is 5.51. The number of phenols is 1. The van der Waals surface area contributed by atoms with Crippen LogP contribution in [0.2, 0.25) is 0 Å². The second kappa shape index (κ2) is 7.86. The Balaban J connectivity index is 2.03. The Morgan fingerprint density at radius 3 is 2.82 bits per heavy atom. The first-order valence-corrected chi connectivity index (χ1v) is 8.68. The molecular formula is C22H21FO5. The summed E-state index contributed by atoms with van der Waals surface area (Å²) in [5.41, 5.74) is 0.421. The van der Waals surface area contributed by atoms with Gasteiger partial charge in [-0.05, 0) is 49.8 Å². The zero-order valence-corrected chi connectivity index (χ0v) is 15.9. The fourth-order valence-electron chi connectivity index (χ4n) is 2.83. The van der Waals surface area contributed by atoms with Gasteiger partial charge in [-0.25, -0.2) is 4.39 Å². The molecule has 1 N–H and O–H groups in total. The molecule has 2 aromatic rings. The highest BCUT2D eigenvalue weighted by Gasteiger charge is 2.30. The molecular weight excluding hydrogens is 363 g/mol. The lowest BCUT2D eigenvalue weighted by atomic mass is 9.96. The van der Waals surface area contributed by atoms with Crippen LogP contribution in [0, 0.1) is 5.82 Å². The van der Waals surface area contributed by atoms with Crippen LogP contribution in [0.3, 0.4) is 0 Å². The standard InChI is InChI=1S/C22H21FO5/c1-22(2)10-9-16-19(27-13-26-3)12-18(25)20(21(16)28-22)17(24)8-7-14-5-4-6-15(23)11-14/h4-12,25H,13H2,1-3H3/b8-7+. The minimum absolute atomic E-state index is 0.0180. The van der Waals surface area contributed by atoms with Crippen molar-refractivity contribution in [2.24, 2.45) is 0 Å². The molecule has 0 fully saturated rings. The molecule has 0 bridgehead atoms. The van der Waals surface area contributed by atoms with Crippen LogP contribution in [0.15, 0.2) is 42.5 Å². The Morgan fingerprint density at radius 1 is 1.32 bits per heavy atom.